The second-order valence-corrected chi connectivity index (χ2v) is 4.12. The third-order valence-electron chi connectivity index (χ3n) is 2.46. The lowest BCUT2D eigenvalue weighted by molar-refractivity contribution is 0.341. The Morgan fingerprint density at radius 1 is 1.41 bits per heavy atom. The molecule has 0 aliphatic carbocycles. The normalized spacial score (nSPS) is 10.6. The van der Waals surface area contributed by atoms with Crippen molar-refractivity contribution in [3.05, 3.63) is 29.0 Å². The molecule has 0 amide bonds. The fourth-order valence-corrected chi connectivity index (χ4v) is 1.71. The maximum Gasteiger partial charge on any atom is 0.185 e. The molecule has 0 fully saturated rings. The minimum atomic E-state index is 0.598. The predicted octanol–water partition coefficient (Wildman–Crippen LogP) is 2.84. The van der Waals surface area contributed by atoms with Gasteiger partial charge >= 0.3 is 0 Å². The van der Waals surface area contributed by atoms with Gasteiger partial charge in [0, 0.05) is 12.1 Å². The van der Waals surface area contributed by atoms with Crippen molar-refractivity contribution in [3.8, 4) is 17.1 Å². The molecule has 0 radical (unpaired) electrons. The molecule has 2 rings (SSSR count). The first-order valence-electron chi connectivity index (χ1n) is 5.42. The summed E-state index contributed by atoms with van der Waals surface area (Å²) in [5.41, 5.74) is 0.822. The molecule has 4 nitrogen and oxygen atoms in total. The summed E-state index contributed by atoms with van der Waals surface area (Å²) in [5, 5.41) is 4.98. The van der Waals surface area contributed by atoms with Crippen LogP contribution in [0.4, 0.5) is 0 Å². The maximum atomic E-state index is 6.00. The van der Waals surface area contributed by atoms with Crippen LogP contribution in [-0.4, -0.2) is 21.4 Å². The molecular weight excluding hydrogens is 238 g/mol. The Balaban J connectivity index is 2.52. The molecule has 90 valence electrons. The number of nitrogens with zero attached hydrogens (tertiary/aromatic N) is 3. The summed E-state index contributed by atoms with van der Waals surface area (Å²) in [7, 11) is 1.86. The smallest absolute Gasteiger partial charge is 0.185 e. The van der Waals surface area contributed by atoms with Gasteiger partial charge in [-0.25, -0.2) is 4.98 Å². The van der Waals surface area contributed by atoms with Gasteiger partial charge in [0.25, 0.3) is 0 Å². The summed E-state index contributed by atoms with van der Waals surface area (Å²) in [4.78, 5) is 4.38. The summed E-state index contributed by atoms with van der Waals surface area (Å²) in [6.07, 6.45) is 0. The van der Waals surface area contributed by atoms with Gasteiger partial charge < -0.3 is 4.74 Å². The third kappa shape index (κ3) is 2.42. The third-order valence-corrected chi connectivity index (χ3v) is 2.70. The lowest BCUT2D eigenvalue weighted by Crippen LogP contribution is -1.96. The number of ether oxygens (including phenoxy) is 1. The molecule has 2 aromatic rings. The molecule has 1 aromatic carbocycles. The number of aromatic nitrogens is 3. The van der Waals surface area contributed by atoms with Gasteiger partial charge in [-0.3, -0.25) is 4.68 Å². The van der Waals surface area contributed by atoms with Crippen molar-refractivity contribution in [2.75, 3.05) is 6.61 Å². The second kappa shape index (κ2) is 4.75. The largest absolute Gasteiger partial charge is 0.493 e. The van der Waals surface area contributed by atoms with E-state index in [0.29, 0.717) is 17.5 Å². The van der Waals surface area contributed by atoms with Crippen LogP contribution in [0, 0.1) is 6.92 Å². The van der Waals surface area contributed by atoms with E-state index in [1.165, 1.54) is 0 Å². The van der Waals surface area contributed by atoms with Gasteiger partial charge in [0.2, 0.25) is 0 Å². The van der Waals surface area contributed by atoms with Crippen LogP contribution in [0.15, 0.2) is 18.2 Å². The first kappa shape index (κ1) is 11.9. The Labute approximate surface area is 105 Å². The van der Waals surface area contributed by atoms with Gasteiger partial charge in [-0.1, -0.05) is 11.6 Å². The summed E-state index contributed by atoms with van der Waals surface area (Å²) in [6, 6.07) is 5.46. The minimum absolute atomic E-state index is 0.598. The highest BCUT2D eigenvalue weighted by atomic mass is 35.5. The summed E-state index contributed by atoms with van der Waals surface area (Å²) < 4.78 is 7.28. The van der Waals surface area contributed by atoms with Crippen LogP contribution in [0.3, 0.4) is 0 Å². The van der Waals surface area contributed by atoms with Crippen LogP contribution < -0.4 is 4.74 Å². The Kier molecular flexibility index (Phi) is 3.33. The number of hydrogen-bond acceptors (Lipinski definition) is 3. The number of aryl methyl sites for hydroxylation is 2. The number of benzene rings is 1. The molecule has 0 atom stereocenters. The van der Waals surface area contributed by atoms with Gasteiger partial charge in [0.05, 0.1) is 12.2 Å². The van der Waals surface area contributed by atoms with E-state index in [0.717, 1.165) is 17.1 Å². The zero-order valence-corrected chi connectivity index (χ0v) is 10.8. The van der Waals surface area contributed by atoms with Crippen molar-refractivity contribution in [3.63, 3.8) is 0 Å². The van der Waals surface area contributed by atoms with Crippen molar-refractivity contribution in [2.24, 2.45) is 7.05 Å². The van der Waals surface area contributed by atoms with Crippen molar-refractivity contribution in [2.45, 2.75) is 13.8 Å². The van der Waals surface area contributed by atoms with E-state index in [9.17, 15) is 0 Å². The van der Waals surface area contributed by atoms with Gasteiger partial charge in [0.15, 0.2) is 5.82 Å². The number of rotatable bonds is 3. The van der Waals surface area contributed by atoms with Crippen LogP contribution >= 0.6 is 11.6 Å². The Hall–Kier alpha value is -1.55. The van der Waals surface area contributed by atoms with E-state index >= 15 is 0 Å². The number of hydrogen-bond donors (Lipinski definition) is 0. The molecular formula is C12H14ClN3O. The monoisotopic (exact) mass is 251 g/mol. The SMILES string of the molecule is CCOc1ccc(Cl)cc1-c1nc(C)n(C)n1. The van der Waals surface area contributed by atoms with Gasteiger partial charge in [-0.2, -0.15) is 5.10 Å². The predicted molar refractivity (Wildman–Crippen MR) is 67.4 cm³/mol. The lowest BCUT2D eigenvalue weighted by Gasteiger charge is -2.07. The minimum Gasteiger partial charge on any atom is -0.493 e. The van der Waals surface area contributed by atoms with Crippen LogP contribution in [0.1, 0.15) is 12.7 Å². The van der Waals surface area contributed by atoms with E-state index in [1.54, 1.807) is 10.7 Å². The molecule has 5 heteroatoms. The maximum absolute atomic E-state index is 6.00. The lowest BCUT2D eigenvalue weighted by atomic mass is 10.2. The molecule has 0 saturated heterocycles. The Bertz CT molecular complexity index is 517. The first-order valence-corrected chi connectivity index (χ1v) is 5.80. The zero-order chi connectivity index (χ0) is 12.4. The molecule has 0 saturated carbocycles. The van der Waals surface area contributed by atoms with Gasteiger partial charge in [-0.15, -0.1) is 0 Å². The van der Waals surface area contributed by atoms with Crippen molar-refractivity contribution in [1.29, 1.82) is 0 Å². The van der Waals surface area contributed by atoms with Crippen molar-refractivity contribution < 1.29 is 4.74 Å². The van der Waals surface area contributed by atoms with E-state index in [2.05, 4.69) is 10.1 Å². The van der Waals surface area contributed by atoms with E-state index in [1.807, 2.05) is 33.0 Å². The van der Waals surface area contributed by atoms with E-state index in [-0.39, 0.29) is 0 Å². The quantitative estimate of drug-likeness (QED) is 0.842. The molecule has 0 aliphatic heterocycles. The summed E-state index contributed by atoms with van der Waals surface area (Å²) in [6.45, 7) is 4.44. The molecule has 0 N–H and O–H groups in total. The van der Waals surface area contributed by atoms with Crippen LogP contribution in [0.5, 0.6) is 5.75 Å². The molecule has 1 aromatic heterocycles. The Morgan fingerprint density at radius 3 is 2.76 bits per heavy atom. The van der Waals surface area contributed by atoms with Gasteiger partial charge in [0.1, 0.15) is 11.6 Å². The highest BCUT2D eigenvalue weighted by Crippen LogP contribution is 2.30. The topological polar surface area (TPSA) is 39.9 Å². The van der Waals surface area contributed by atoms with Gasteiger partial charge in [-0.05, 0) is 32.0 Å². The number of halogens is 1. The highest BCUT2D eigenvalue weighted by Gasteiger charge is 2.12. The fraction of sp³-hybridized carbons (Fsp3) is 0.333. The highest BCUT2D eigenvalue weighted by molar-refractivity contribution is 6.30. The average Bonchev–Trinajstić information content (AvgIpc) is 2.62. The first-order chi connectivity index (χ1) is 8.11. The second-order valence-electron chi connectivity index (χ2n) is 3.68. The van der Waals surface area contributed by atoms with Crippen LogP contribution in [0.25, 0.3) is 11.4 Å². The molecule has 0 bridgehead atoms. The Morgan fingerprint density at radius 2 is 2.18 bits per heavy atom. The molecule has 0 spiro atoms. The van der Waals surface area contributed by atoms with E-state index in [4.69, 9.17) is 16.3 Å². The molecule has 1 heterocycles. The summed E-state index contributed by atoms with van der Waals surface area (Å²) >= 11 is 6.00. The van der Waals surface area contributed by atoms with E-state index < -0.39 is 0 Å². The van der Waals surface area contributed by atoms with Crippen LogP contribution in [-0.2, 0) is 7.05 Å². The standard InChI is InChI=1S/C12H14ClN3O/c1-4-17-11-6-5-9(13)7-10(11)12-14-8(2)16(3)15-12/h5-7H,4H2,1-3H3. The molecule has 17 heavy (non-hydrogen) atoms. The van der Waals surface area contributed by atoms with Crippen molar-refractivity contribution >= 4 is 11.6 Å². The summed E-state index contributed by atoms with van der Waals surface area (Å²) in [5.74, 6) is 2.24. The molecule has 0 unspecified atom stereocenters. The molecule has 0 aliphatic rings. The van der Waals surface area contributed by atoms with Crippen molar-refractivity contribution in [1.82, 2.24) is 14.8 Å². The van der Waals surface area contributed by atoms with Crippen LogP contribution in [0.2, 0.25) is 5.02 Å². The zero-order valence-electron chi connectivity index (χ0n) is 10.1. The average molecular weight is 252 g/mol. The fourth-order valence-electron chi connectivity index (χ4n) is 1.53.